The van der Waals surface area contributed by atoms with Gasteiger partial charge in [0, 0.05) is 16.9 Å². The lowest BCUT2D eigenvalue weighted by atomic mass is 10.1. The lowest BCUT2D eigenvalue weighted by Gasteiger charge is -2.11. The first-order valence-corrected chi connectivity index (χ1v) is 10.00. The molecule has 144 valence electrons. The Morgan fingerprint density at radius 2 is 1.68 bits per heavy atom. The average molecular weight is 398 g/mol. The van der Waals surface area contributed by atoms with Crippen molar-refractivity contribution in [3.05, 3.63) is 89.2 Å². The molecular formula is C21H19FN2O3S. The molecule has 3 aromatic carbocycles. The van der Waals surface area contributed by atoms with Crippen LogP contribution in [0, 0.1) is 19.7 Å². The number of benzene rings is 3. The topological polar surface area (TPSA) is 75.3 Å². The molecule has 0 saturated carbocycles. The van der Waals surface area contributed by atoms with Gasteiger partial charge >= 0.3 is 0 Å². The average Bonchev–Trinajstić information content (AvgIpc) is 2.64. The highest BCUT2D eigenvalue weighted by Crippen LogP contribution is 2.20. The van der Waals surface area contributed by atoms with Crippen molar-refractivity contribution in [1.82, 2.24) is 0 Å². The number of sulfonamides is 1. The summed E-state index contributed by atoms with van der Waals surface area (Å²) < 4.78 is 41.2. The van der Waals surface area contributed by atoms with Crippen molar-refractivity contribution in [1.29, 1.82) is 0 Å². The number of nitrogens with one attached hydrogen (secondary N) is 2. The molecule has 5 nitrogen and oxygen atoms in total. The molecule has 0 heterocycles. The van der Waals surface area contributed by atoms with Crippen LogP contribution >= 0.6 is 0 Å². The molecule has 3 rings (SSSR count). The molecule has 1 amide bonds. The fourth-order valence-corrected chi connectivity index (χ4v) is 3.75. The Bertz CT molecular complexity index is 1140. The first-order chi connectivity index (χ1) is 13.2. The number of carbonyl (C=O) groups excluding carboxylic acids is 1. The Kier molecular flexibility index (Phi) is 5.46. The zero-order chi connectivity index (χ0) is 20.3. The van der Waals surface area contributed by atoms with Crippen LogP contribution in [0.2, 0.25) is 0 Å². The maximum absolute atomic E-state index is 13.4. The normalized spacial score (nSPS) is 11.1. The van der Waals surface area contributed by atoms with Gasteiger partial charge in [0.1, 0.15) is 5.82 Å². The summed E-state index contributed by atoms with van der Waals surface area (Å²) in [5, 5.41) is 2.61. The molecular weight excluding hydrogens is 379 g/mol. The molecule has 7 heteroatoms. The van der Waals surface area contributed by atoms with Crippen molar-refractivity contribution in [2.24, 2.45) is 0 Å². The van der Waals surface area contributed by atoms with Crippen LogP contribution in [0.25, 0.3) is 0 Å². The molecule has 0 aliphatic rings. The van der Waals surface area contributed by atoms with Crippen LogP contribution in [-0.2, 0) is 10.0 Å². The van der Waals surface area contributed by atoms with Gasteiger partial charge in [-0.1, -0.05) is 24.3 Å². The number of hydrogen-bond acceptors (Lipinski definition) is 3. The van der Waals surface area contributed by atoms with Crippen molar-refractivity contribution in [2.75, 3.05) is 10.0 Å². The van der Waals surface area contributed by atoms with Gasteiger partial charge in [-0.05, 0) is 67.4 Å². The van der Waals surface area contributed by atoms with E-state index in [1.807, 2.05) is 13.0 Å². The molecule has 2 N–H and O–H groups in total. The van der Waals surface area contributed by atoms with Crippen molar-refractivity contribution in [3.63, 3.8) is 0 Å². The standard InChI is InChI=1S/C21H19FN2O3S/c1-14-5-3-7-18(11-14)24-28(26,27)19-8-4-6-16(12-19)21(25)23-20-13-17(22)10-9-15(20)2/h3-13,24H,1-2H3,(H,23,25). The number of rotatable bonds is 5. The lowest BCUT2D eigenvalue weighted by molar-refractivity contribution is 0.102. The Hall–Kier alpha value is -3.19. The largest absolute Gasteiger partial charge is 0.322 e. The molecule has 0 spiro atoms. The quantitative estimate of drug-likeness (QED) is 0.665. The third-order valence-corrected chi connectivity index (χ3v) is 5.50. The van der Waals surface area contributed by atoms with Crippen LogP contribution in [0.3, 0.4) is 0 Å². The van der Waals surface area contributed by atoms with E-state index in [-0.39, 0.29) is 10.5 Å². The van der Waals surface area contributed by atoms with Crippen LogP contribution in [0.4, 0.5) is 15.8 Å². The van der Waals surface area contributed by atoms with E-state index in [4.69, 9.17) is 0 Å². The van der Waals surface area contributed by atoms with E-state index in [1.165, 1.54) is 36.4 Å². The molecule has 0 saturated heterocycles. The zero-order valence-corrected chi connectivity index (χ0v) is 16.2. The lowest BCUT2D eigenvalue weighted by Crippen LogP contribution is -2.16. The third kappa shape index (κ3) is 4.55. The van der Waals surface area contributed by atoms with E-state index < -0.39 is 21.7 Å². The number of amides is 1. The van der Waals surface area contributed by atoms with Crippen molar-refractivity contribution >= 4 is 27.3 Å². The summed E-state index contributed by atoms with van der Waals surface area (Å²) in [5.41, 5.74) is 2.52. The van der Waals surface area contributed by atoms with E-state index in [0.717, 1.165) is 5.56 Å². The minimum absolute atomic E-state index is 0.0439. The fourth-order valence-electron chi connectivity index (χ4n) is 2.65. The Morgan fingerprint density at radius 3 is 2.43 bits per heavy atom. The van der Waals surface area contributed by atoms with Crippen LogP contribution in [0.5, 0.6) is 0 Å². The van der Waals surface area contributed by atoms with Gasteiger partial charge < -0.3 is 5.32 Å². The van der Waals surface area contributed by atoms with Crippen LogP contribution < -0.4 is 10.0 Å². The van der Waals surface area contributed by atoms with E-state index in [0.29, 0.717) is 16.9 Å². The summed E-state index contributed by atoms with van der Waals surface area (Å²) >= 11 is 0. The number of aryl methyl sites for hydroxylation is 2. The van der Waals surface area contributed by atoms with Gasteiger partial charge in [-0.3, -0.25) is 9.52 Å². The molecule has 0 atom stereocenters. The SMILES string of the molecule is Cc1cccc(NS(=O)(=O)c2cccc(C(=O)Nc3cc(F)ccc3C)c2)c1. The molecule has 0 aromatic heterocycles. The first kappa shape index (κ1) is 19.6. The Morgan fingerprint density at radius 1 is 0.929 bits per heavy atom. The molecule has 3 aromatic rings. The maximum atomic E-state index is 13.4. The molecule has 28 heavy (non-hydrogen) atoms. The number of anilines is 2. The summed E-state index contributed by atoms with van der Waals surface area (Å²) in [6, 6.07) is 16.7. The molecule has 0 aliphatic carbocycles. The fraction of sp³-hybridized carbons (Fsp3) is 0.0952. The number of carbonyl (C=O) groups is 1. The molecule has 0 bridgehead atoms. The van der Waals surface area contributed by atoms with Gasteiger partial charge in [0.05, 0.1) is 4.90 Å². The summed E-state index contributed by atoms with van der Waals surface area (Å²) in [5.74, 6) is -0.999. The second-order valence-electron chi connectivity index (χ2n) is 6.42. The van der Waals surface area contributed by atoms with Crippen LogP contribution in [-0.4, -0.2) is 14.3 Å². The maximum Gasteiger partial charge on any atom is 0.261 e. The summed E-state index contributed by atoms with van der Waals surface area (Å²) in [4.78, 5) is 12.5. The highest BCUT2D eigenvalue weighted by molar-refractivity contribution is 7.92. The summed E-state index contributed by atoms with van der Waals surface area (Å²) in [7, 11) is -3.86. The molecule has 0 radical (unpaired) electrons. The van der Waals surface area contributed by atoms with Gasteiger partial charge in [-0.25, -0.2) is 12.8 Å². The predicted octanol–water partition coefficient (Wildman–Crippen LogP) is 4.50. The summed E-state index contributed by atoms with van der Waals surface area (Å²) in [6.07, 6.45) is 0. The second kappa shape index (κ2) is 7.82. The van der Waals surface area contributed by atoms with E-state index >= 15 is 0 Å². The van der Waals surface area contributed by atoms with Crippen LogP contribution in [0.1, 0.15) is 21.5 Å². The monoisotopic (exact) mass is 398 g/mol. The minimum Gasteiger partial charge on any atom is -0.322 e. The zero-order valence-electron chi connectivity index (χ0n) is 15.4. The number of hydrogen-bond donors (Lipinski definition) is 2. The number of halogens is 1. The minimum atomic E-state index is -3.86. The van der Waals surface area contributed by atoms with E-state index in [2.05, 4.69) is 10.0 Å². The van der Waals surface area contributed by atoms with Crippen molar-refractivity contribution in [3.8, 4) is 0 Å². The predicted molar refractivity (Wildman–Crippen MR) is 108 cm³/mol. The van der Waals surface area contributed by atoms with Crippen LogP contribution in [0.15, 0.2) is 71.6 Å². The molecule has 0 unspecified atom stereocenters. The Labute approximate surface area is 163 Å². The van der Waals surface area contributed by atoms with E-state index in [1.54, 1.807) is 31.2 Å². The Balaban J connectivity index is 1.85. The highest BCUT2D eigenvalue weighted by Gasteiger charge is 2.17. The molecule has 0 aliphatic heterocycles. The van der Waals surface area contributed by atoms with Crippen molar-refractivity contribution in [2.45, 2.75) is 18.7 Å². The van der Waals surface area contributed by atoms with Gasteiger partial charge in [0.15, 0.2) is 0 Å². The highest BCUT2D eigenvalue weighted by atomic mass is 32.2. The third-order valence-electron chi connectivity index (χ3n) is 4.12. The van der Waals surface area contributed by atoms with Gasteiger partial charge in [-0.2, -0.15) is 0 Å². The van der Waals surface area contributed by atoms with Gasteiger partial charge in [-0.15, -0.1) is 0 Å². The van der Waals surface area contributed by atoms with Crippen molar-refractivity contribution < 1.29 is 17.6 Å². The molecule has 0 fully saturated rings. The smallest absolute Gasteiger partial charge is 0.261 e. The first-order valence-electron chi connectivity index (χ1n) is 8.52. The second-order valence-corrected chi connectivity index (χ2v) is 8.10. The van der Waals surface area contributed by atoms with Gasteiger partial charge in [0.2, 0.25) is 0 Å². The van der Waals surface area contributed by atoms with E-state index in [9.17, 15) is 17.6 Å². The summed E-state index contributed by atoms with van der Waals surface area (Å²) in [6.45, 7) is 3.60. The van der Waals surface area contributed by atoms with Gasteiger partial charge in [0.25, 0.3) is 15.9 Å².